The van der Waals surface area contributed by atoms with Gasteiger partial charge in [0, 0.05) is 30.4 Å². The molecule has 0 radical (unpaired) electrons. The van der Waals surface area contributed by atoms with E-state index in [0.29, 0.717) is 6.54 Å². The quantitative estimate of drug-likeness (QED) is 0.560. The van der Waals surface area contributed by atoms with E-state index in [0.717, 1.165) is 22.1 Å². The van der Waals surface area contributed by atoms with E-state index >= 15 is 0 Å². The number of halogens is 2. The maximum absolute atomic E-state index is 12.6. The molecule has 1 amide bonds. The van der Waals surface area contributed by atoms with Crippen molar-refractivity contribution in [3.8, 4) is 5.75 Å². The van der Waals surface area contributed by atoms with Gasteiger partial charge in [0.05, 0.1) is 16.5 Å². The summed E-state index contributed by atoms with van der Waals surface area (Å²) in [6.45, 7) is 0.795. The van der Waals surface area contributed by atoms with E-state index in [1.807, 2.05) is 18.2 Å². The molecule has 1 N–H and O–H groups in total. The molecule has 0 unspecified atom stereocenters. The fraction of sp³-hybridized carbons (Fsp3) is 0.316. The maximum atomic E-state index is 12.6. The molecule has 29 heavy (non-hydrogen) atoms. The normalized spacial score (nSPS) is 13.4. The number of methoxy groups -OCH3 is 1. The first-order valence-corrected chi connectivity index (χ1v) is 11.5. The van der Waals surface area contributed by atoms with Crippen molar-refractivity contribution in [2.75, 3.05) is 38.3 Å². The van der Waals surface area contributed by atoms with Crippen LogP contribution in [-0.2, 0) is 26.0 Å². The van der Waals surface area contributed by atoms with Crippen molar-refractivity contribution in [1.82, 2.24) is 4.72 Å². The van der Waals surface area contributed by atoms with Crippen molar-refractivity contribution in [1.29, 1.82) is 0 Å². The van der Waals surface area contributed by atoms with Crippen molar-refractivity contribution >= 4 is 49.1 Å². The number of hydrogen-bond donors (Lipinski definition) is 1. The highest BCUT2D eigenvalue weighted by atomic mass is 79.9. The molecule has 0 aliphatic carbocycles. The lowest BCUT2D eigenvalue weighted by Crippen LogP contribution is -2.33. The number of rotatable bonds is 8. The lowest BCUT2D eigenvalue weighted by Gasteiger charge is -2.18. The van der Waals surface area contributed by atoms with Crippen LogP contribution < -0.4 is 14.4 Å². The molecule has 0 aromatic heterocycles. The van der Waals surface area contributed by atoms with E-state index in [1.54, 1.807) is 4.90 Å². The lowest BCUT2D eigenvalue weighted by molar-refractivity contribution is -0.120. The first-order chi connectivity index (χ1) is 13.8. The highest BCUT2D eigenvalue weighted by molar-refractivity contribution is 9.10. The van der Waals surface area contributed by atoms with Crippen LogP contribution in [0.2, 0.25) is 5.02 Å². The Morgan fingerprint density at radius 2 is 2.07 bits per heavy atom. The fourth-order valence-electron chi connectivity index (χ4n) is 2.97. The minimum absolute atomic E-state index is 0.0105. The number of sulfonamides is 1. The Bertz CT molecular complexity index is 1020. The second-order valence-corrected chi connectivity index (χ2v) is 9.43. The van der Waals surface area contributed by atoms with Gasteiger partial charge in [0.15, 0.2) is 6.61 Å². The smallest absolute Gasteiger partial charge is 0.264 e. The average Bonchev–Trinajstić information content (AvgIpc) is 3.10. The number of anilines is 1. The van der Waals surface area contributed by atoms with Crippen LogP contribution in [0.25, 0.3) is 0 Å². The molecule has 0 atom stereocenters. The van der Waals surface area contributed by atoms with Gasteiger partial charge in [-0.1, -0.05) is 27.5 Å². The summed E-state index contributed by atoms with van der Waals surface area (Å²) in [5.41, 5.74) is 1.97. The molecule has 2 aromatic rings. The predicted octanol–water partition coefficient (Wildman–Crippen LogP) is 3.00. The summed E-state index contributed by atoms with van der Waals surface area (Å²) in [6, 6.07) is 9.90. The van der Waals surface area contributed by atoms with E-state index in [1.165, 1.54) is 25.3 Å². The third-order valence-corrected chi connectivity index (χ3v) is 6.65. The fourth-order valence-corrected chi connectivity index (χ4v) is 4.72. The minimum Gasteiger partial charge on any atom is -0.482 e. The van der Waals surface area contributed by atoms with Crippen LogP contribution in [0.1, 0.15) is 5.56 Å². The zero-order chi connectivity index (χ0) is 21.0. The summed E-state index contributed by atoms with van der Waals surface area (Å²) in [6.07, 6.45) is 0.782. The number of ether oxygens (including phenoxy) is 2. The molecule has 0 saturated carbocycles. The van der Waals surface area contributed by atoms with Gasteiger partial charge in [0.25, 0.3) is 5.91 Å². The van der Waals surface area contributed by atoms with Gasteiger partial charge in [-0.05, 0) is 48.4 Å². The second-order valence-electron chi connectivity index (χ2n) is 6.34. The standard InChI is InChI=1S/C19H20BrClN2O5S/c1-27-9-7-22-29(25,26)15-3-5-18(16(21)11-15)28-12-19(24)23-8-6-13-10-14(20)2-4-17(13)23/h2-5,10-11,22H,6-9,12H2,1H3. The zero-order valence-corrected chi connectivity index (χ0v) is 18.8. The Kier molecular flexibility index (Phi) is 7.18. The first-order valence-electron chi connectivity index (χ1n) is 8.81. The molecule has 1 heterocycles. The maximum Gasteiger partial charge on any atom is 0.264 e. The molecule has 156 valence electrons. The van der Waals surface area contributed by atoms with Crippen molar-refractivity contribution in [2.24, 2.45) is 0 Å². The van der Waals surface area contributed by atoms with Crippen LogP contribution in [-0.4, -0.2) is 47.7 Å². The van der Waals surface area contributed by atoms with Crippen molar-refractivity contribution in [3.63, 3.8) is 0 Å². The number of hydrogen-bond acceptors (Lipinski definition) is 5. The third kappa shape index (κ3) is 5.29. The number of nitrogens with one attached hydrogen (secondary N) is 1. The van der Waals surface area contributed by atoms with E-state index in [2.05, 4.69) is 20.7 Å². The van der Waals surface area contributed by atoms with Gasteiger partial charge in [-0.2, -0.15) is 0 Å². The second kappa shape index (κ2) is 9.44. The zero-order valence-electron chi connectivity index (χ0n) is 15.7. The number of carbonyl (C=O) groups is 1. The molecule has 1 aliphatic rings. The first kappa shape index (κ1) is 22.0. The summed E-state index contributed by atoms with van der Waals surface area (Å²) in [7, 11) is -2.22. The van der Waals surface area contributed by atoms with E-state index in [9.17, 15) is 13.2 Å². The highest BCUT2D eigenvalue weighted by Crippen LogP contribution is 2.31. The Hall–Kier alpha value is -1.65. The van der Waals surface area contributed by atoms with Crippen molar-refractivity contribution in [3.05, 3.63) is 51.5 Å². The molecule has 1 aliphatic heterocycles. The van der Waals surface area contributed by atoms with Crippen molar-refractivity contribution in [2.45, 2.75) is 11.3 Å². The Balaban J connectivity index is 1.64. The molecule has 7 nitrogen and oxygen atoms in total. The summed E-state index contributed by atoms with van der Waals surface area (Å²) in [4.78, 5) is 14.3. The molecular formula is C19H20BrClN2O5S. The Morgan fingerprint density at radius 1 is 1.28 bits per heavy atom. The predicted molar refractivity (Wildman–Crippen MR) is 114 cm³/mol. The SMILES string of the molecule is COCCNS(=O)(=O)c1ccc(OCC(=O)N2CCc3cc(Br)ccc32)c(Cl)c1. The van der Waals surface area contributed by atoms with Gasteiger partial charge in [-0.25, -0.2) is 13.1 Å². The number of nitrogens with zero attached hydrogens (tertiary/aromatic N) is 1. The Morgan fingerprint density at radius 3 is 2.79 bits per heavy atom. The van der Waals surface area contributed by atoms with Gasteiger partial charge in [-0.15, -0.1) is 0 Å². The van der Waals surface area contributed by atoms with E-state index in [-0.39, 0.29) is 41.3 Å². The molecule has 10 heteroatoms. The topological polar surface area (TPSA) is 84.9 Å². The molecule has 0 bridgehead atoms. The molecule has 0 saturated heterocycles. The summed E-state index contributed by atoms with van der Waals surface area (Å²) in [5, 5.41) is 0.109. The summed E-state index contributed by atoms with van der Waals surface area (Å²) < 4.78 is 38.2. The van der Waals surface area contributed by atoms with Gasteiger partial charge < -0.3 is 14.4 Å². The summed E-state index contributed by atoms with van der Waals surface area (Å²) in [5.74, 6) is 0.0474. The van der Waals surface area contributed by atoms with E-state index < -0.39 is 10.0 Å². The van der Waals surface area contributed by atoms with Crippen LogP contribution in [0, 0.1) is 0 Å². The third-order valence-electron chi connectivity index (χ3n) is 4.40. The largest absolute Gasteiger partial charge is 0.482 e. The molecule has 0 fully saturated rings. The van der Waals surface area contributed by atoms with Crippen molar-refractivity contribution < 1.29 is 22.7 Å². The van der Waals surface area contributed by atoms with Gasteiger partial charge in [0.2, 0.25) is 10.0 Å². The summed E-state index contributed by atoms with van der Waals surface area (Å²) >= 11 is 9.60. The van der Waals surface area contributed by atoms with Crippen LogP contribution in [0.3, 0.4) is 0 Å². The van der Waals surface area contributed by atoms with Gasteiger partial charge in [0.1, 0.15) is 5.75 Å². The van der Waals surface area contributed by atoms with E-state index in [4.69, 9.17) is 21.1 Å². The number of amides is 1. The Labute approximate surface area is 183 Å². The highest BCUT2D eigenvalue weighted by Gasteiger charge is 2.25. The van der Waals surface area contributed by atoms with Crippen LogP contribution in [0.4, 0.5) is 5.69 Å². The monoisotopic (exact) mass is 502 g/mol. The van der Waals surface area contributed by atoms with Gasteiger partial charge >= 0.3 is 0 Å². The molecule has 3 rings (SSSR count). The average molecular weight is 504 g/mol. The molecule has 0 spiro atoms. The molecule has 2 aromatic carbocycles. The number of carbonyl (C=O) groups excluding carboxylic acids is 1. The van der Waals surface area contributed by atoms with Gasteiger partial charge in [-0.3, -0.25) is 4.79 Å². The number of benzene rings is 2. The molecular weight excluding hydrogens is 484 g/mol. The lowest BCUT2D eigenvalue weighted by atomic mass is 10.2. The van der Waals surface area contributed by atoms with Crippen LogP contribution in [0.5, 0.6) is 5.75 Å². The van der Waals surface area contributed by atoms with Crippen LogP contribution >= 0.6 is 27.5 Å². The number of fused-ring (bicyclic) bond motifs is 1. The van der Waals surface area contributed by atoms with Crippen LogP contribution in [0.15, 0.2) is 45.8 Å². The minimum atomic E-state index is -3.70.